The number of hydrogen-bond acceptors (Lipinski definition) is 8. The second-order valence-corrected chi connectivity index (χ2v) is 12.0. The summed E-state index contributed by atoms with van der Waals surface area (Å²) in [5.74, 6) is 4.72. The quantitative estimate of drug-likeness (QED) is 0.579. The molecule has 2 heterocycles. The summed E-state index contributed by atoms with van der Waals surface area (Å²) in [4.78, 5) is 14.8. The third kappa shape index (κ3) is 3.41. The molecule has 7 rings (SSSR count). The number of methoxy groups -OCH3 is 3. The average Bonchev–Trinajstić information content (AvgIpc) is 3.44. The number of amides is 1. The summed E-state index contributed by atoms with van der Waals surface area (Å²) in [6, 6.07) is 3.84. The monoisotopic (exact) mass is 487 g/mol. The van der Waals surface area contributed by atoms with Gasteiger partial charge in [0.25, 0.3) is 0 Å². The van der Waals surface area contributed by atoms with Gasteiger partial charge in [-0.25, -0.2) is 0 Å². The predicted molar refractivity (Wildman–Crippen MR) is 129 cm³/mol. The smallest absolute Gasteiger partial charge is 0.240 e. The van der Waals surface area contributed by atoms with E-state index in [-0.39, 0.29) is 16.7 Å². The number of ether oxygens (including phenoxy) is 3. The van der Waals surface area contributed by atoms with Gasteiger partial charge in [-0.1, -0.05) is 11.3 Å². The van der Waals surface area contributed by atoms with Gasteiger partial charge in [0.05, 0.1) is 27.1 Å². The largest absolute Gasteiger partial charge is 0.493 e. The van der Waals surface area contributed by atoms with E-state index in [1.807, 2.05) is 17.0 Å². The molecule has 33 heavy (non-hydrogen) atoms. The van der Waals surface area contributed by atoms with Crippen LogP contribution in [0.1, 0.15) is 54.5 Å². The highest BCUT2D eigenvalue weighted by atomic mass is 32.2. The molecule has 4 aliphatic carbocycles. The number of benzene rings is 1. The van der Waals surface area contributed by atoms with E-state index >= 15 is 0 Å². The molecule has 1 aromatic carbocycles. The number of carbonyl (C=O) groups excluding carboxylic acids is 1. The molecule has 4 bridgehead atoms. The highest BCUT2D eigenvalue weighted by Crippen LogP contribution is 2.61. The number of aromatic nitrogens is 2. The van der Waals surface area contributed by atoms with Gasteiger partial charge in [0, 0.05) is 5.41 Å². The van der Waals surface area contributed by atoms with Gasteiger partial charge in [0.1, 0.15) is 10.4 Å². The van der Waals surface area contributed by atoms with Crippen molar-refractivity contribution in [2.75, 3.05) is 32.0 Å². The van der Waals surface area contributed by atoms with Crippen molar-refractivity contribution in [2.24, 2.45) is 17.8 Å². The van der Waals surface area contributed by atoms with Crippen molar-refractivity contribution < 1.29 is 19.0 Å². The van der Waals surface area contributed by atoms with Gasteiger partial charge in [-0.15, -0.1) is 22.0 Å². The zero-order valence-electron chi connectivity index (χ0n) is 19.2. The van der Waals surface area contributed by atoms with E-state index in [0.29, 0.717) is 28.1 Å². The zero-order chi connectivity index (χ0) is 22.7. The Morgan fingerprint density at radius 2 is 1.55 bits per heavy atom. The molecule has 5 aliphatic rings. The van der Waals surface area contributed by atoms with Crippen LogP contribution in [0.4, 0.5) is 5.13 Å². The van der Waals surface area contributed by atoms with Crippen LogP contribution in [0.5, 0.6) is 17.2 Å². The number of nitrogens with zero attached hydrogens (tertiary/aromatic N) is 3. The van der Waals surface area contributed by atoms with Crippen LogP contribution in [0, 0.1) is 17.8 Å². The summed E-state index contributed by atoms with van der Waals surface area (Å²) in [6.07, 6.45) is 7.92. The van der Waals surface area contributed by atoms with Crippen molar-refractivity contribution in [3.63, 3.8) is 0 Å². The van der Waals surface area contributed by atoms with E-state index in [2.05, 4.69) is 5.10 Å². The molecule has 1 aliphatic heterocycles. The summed E-state index contributed by atoms with van der Waals surface area (Å²) in [6.45, 7) is 0. The van der Waals surface area contributed by atoms with Crippen molar-refractivity contribution >= 4 is 34.1 Å². The Bertz CT molecular complexity index is 1030. The first-order valence-corrected chi connectivity index (χ1v) is 13.5. The van der Waals surface area contributed by atoms with Gasteiger partial charge >= 0.3 is 0 Å². The van der Waals surface area contributed by atoms with E-state index in [1.165, 1.54) is 38.5 Å². The molecule has 1 atom stereocenters. The molecule has 0 unspecified atom stereocenters. The highest BCUT2D eigenvalue weighted by Gasteiger charge is 2.53. The number of anilines is 1. The minimum atomic E-state index is -0.205. The van der Waals surface area contributed by atoms with Crippen LogP contribution in [0.15, 0.2) is 12.1 Å². The molecule has 0 radical (unpaired) electrons. The molecular formula is C24H29N3O4S2. The third-order valence-electron chi connectivity index (χ3n) is 7.95. The van der Waals surface area contributed by atoms with Crippen LogP contribution < -0.4 is 19.1 Å². The van der Waals surface area contributed by atoms with Crippen LogP contribution in [0.3, 0.4) is 0 Å². The predicted octanol–water partition coefficient (Wildman–Crippen LogP) is 4.81. The van der Waals surface area contributed by atoms with Crippen LogP contribution in [-0.4, -0.2) is 43.2 Å². The number of hydrogen-bond donors (Lipinski definition) is 0. The van der Waals surface area contributed by atoms with E-state index in [9.17, 15) is 4.79 Å². The first-order valence-electron chi connectivity index (χ1n) is 11.6. The molecule has 5 fully saturated rings. The molecule has 2 aromatic rings. The molecule has 9 heteroatoms. The molecule has 1 saturated heterocycles. The van der Waals surface area contributed by atoms with E-state index in [1.54, 1.807) is 44.4 Å². The Morgan fingerprint density at radius 3 is 2.09 bits per heavy atom. The lowest BCUT2D eigenvalue weighted by Crippen LogP contribution is -2.48. The van der Waals surface area contributed by atoms with Crippen molar-refractivity contribution in [2.45, 2.75) is 49.3 Å². The summed E-state index contributed by atoms with van der Waals surface area (Å²) in [7, 11) is 4.80. The van der Waals surface area contributed by atoms with Crippen molar-refractivity contribution in [3.05, 3.63) is 22.7 Å². The minimum Gasteiger partial charge on any atom is -0.493 e. The minimum absolute atomic E-state index is 0.0620. The molecule has 0 N–H and O–H groups in total. The number of carbonyl (C=O) groups is 1. The molecule has 176 valence electrons. The summed E-state index contributed by atoms with van der Waals surface area (Å²) < 4.78 is 16.6. The van der Waals surface area contributed by atoms with Crippen LogP contribution in [-0.2, 0) is 10.2 Å². The van der Waals surface area contributed by atoms with Gasteiger partial charge < -0.3 is 14.2 Å². The van der Waals surface area contributed by atoms with Crippen molar-refractivity contribution in [3.8, 4) is 17.2 Å². The maximum atomic E-state index is 13.0. The van der Waals surface area contributed by atoms with Gasteiger partial charge in [-0.05, 0) is 74.0 Å². The maximum absolute atomic E-state index is 13.0. The summed E-state index contributed by atoms with van der Waals surface area (Å²) >= 11 is 3.22. The fraction of sp³-hybridized carbons (Fsp3) is 0.625. The molecule has 1 amide bonds. The lowest BCUT2D eigenvalue weighted by molar-refractivity contribution is -0.115. The summed E-state index contributed by atoms with van der Waals surface area (Å²) in [5.41, 5.74) is 1.11. The Kier molecular flexibility index (Phi) is 5.25. The first kappa shape index (κ1) is 21.5. The van der Waals surface area contributed by atoms with Crippen LogP contribution in [0.25, 0.3) is 0 Å². The average molecular weight is 488 g/mol. The Labute approximate surface area is 202 Å². The van der Waals surface area contributed by atoms with E-state index in [4.69, 9.17) is 19.3 Å². The highest BCUT2D eigenvalue weighted by molar-refractivity contribution is 8.00. The standard InChI is InChI=1S/C24H29N3O4S2/c1-29-17-7-16(8-18(30-2)20(17)31-3)21-27(19(28)12-32-21)23-26-25-22(33-23)24-9-13-4-14(10-24)6-15(5-13)11-24/h7-8,13-15,21H,4-6,9-12H2,1-3H3/t13?,14?,15?,21-,24?/m0/s1. The van der Waals surface area contributed by atoms with Crippen LogP contribution >= 0.6 is 23.1 Å². The Morgan fingerprint density at radius 1 is 0.939 bits per heavy atom. The number of thioether (sulfide) groups is 1. The van der Waals surface area contributed by atoms with Gasteiger partial charge in [-0.2, -0.15) is 0 Å². The molecular weight excluding hydrogens is 458 g/mol. The number of rotatable bonds is 6. The SMILES string of the molecule is COc1cc([C@@H]2SCC(=O)N2c2nnc(C34CC5CC(CC(C5)C3)C4)s2)cc(OC)c1OC. The van der Waals surface area contributed by atoms with E-state index < -0.39 is 0 Å². The summed E-state index contributed by atoms with van der Waals surface area (Å²) in [5, 5.41) is 10.9. The second-order valence-electron chi connectivity index (χ2n) is 9.97. The van der Waals surface area contributed by atoms with Gasteiger partial charge in [0.2, 0.25) is 16.8 Å². The molecule has 4 saturated carbocycles. The lowest BCUT2D eigenvalue weighted by atomic mass is 9.50. The molecule has 7 nitrogen and oxygen atoms in total. The lowest BCUT2D eigenvalue weighted by Gasteiger charge is -2.55. The fourth-order valence-corrected chi connectivity index (χ4v) is 9.33. The van der Waals surface area contributed by atoms with E-state index in [0.717, 1.165) is 28.3 Å². The van der Waals surface area contributed by atoms with Crippen LogP contribution in [0.2, 0.25) is 0 Å². The fourth-order valence-electron chi connectivity index (χ4n) is 7.02. The topological polar surface area (TPSA) is 73.8 Å². The van der Waals surface area contributed by atoms with Gasteiger partial charge in [0.15, 0.2) is 11.5 Å². The Balaban J connectivity index is 1.34. The Hall–Kier alpha value is -2.00. The van der Waals surface area contributed by atoms with Crippen molar-refractivity contribution in [1.29, 1.82) is 0 Å². The third-order valence-corrected chi connectivity index (χ3v) is 10.3. The first-order chi connectivity index (χ1) is 16.0. The zero-order valence-corrected chi connectivity index (χ0v) is 20.8. The molecule has 0 spiro atoms. The normalized spacial score (nSPS) is 32.5. The maximum Gasteiger partial charge on any atom is 0.240 e. The second kappa shape index (κ2) is 8.05. The van der Waals surface area contributed by atoms with Crippen molar-refractivity contribution in [1.82, 2.24) is 10.2 Å². The van der Waals surface area contributed by atoms with Gasteiger partial charge in [-0.3, -0.25) is 9.69 Å². The molecule has 1 aromatic heterocycles.